The first kappa shape index (κ1) is 12.4. The molecule has 0 saturated heterocycles. The lowest BCUT2D eigenvalue weighted by molar-refractivity contribution is 0.628. The Morgan fingerprint density at radius 1 is 1.10 bits per heavy atom. The van der Waals surface area contributed by atoms with Crippen molar-refractivity contribution in [3.63, 3.8) is 0 Å². The van der Waals surface area contributed by atoms with Crippen LogP contribution in [0.5, 0.6) is 0 Å². The Kier molecular flexibility index (Phi) is 3.21. The predicted octanol–water partition coefficient (Wildman–Crippen LogP) is 4.06. The number of hydrogen-bond acceptors (Lipinski definition) is 2. The van der Waals surface area contributed by atoms with Crippen LogP contribution in [-0.2, 0) is 0 Å². The molecule has 0 saturated carbocycles. The minimum atomic E-state index is -0.268. The highest BCUT2D eigenvalue weighted by Gasteiger charge is 2.07. The topological polar surface area (TPSA) is 29.9 Å². The molecule has 0 bridgehead atoms. The van der Waals surface area contributed by atoms with Gasteiger partial charge in [0.15, 0.2) is 0 Å². The second-order valence-electron chi connectivity index (χ2n) is 4.54. The maximum atomic E-state index is 13.3. The van der Waals surface area contributed by atoms with Crippen molar-refractivity contribution in [1.29, 1.82) is 0 Å². The van der Waals surface area contributed by atoms with Crippen molar-refractivity contribution in [2.75, 3.05) is 5.32 Å². The van der Waals surface area contributed by atoms with Gasteiger partial charge >= 0.3 is 0 Å². The lowest BCUT2D eigenvalue weighted by atomic mass is 10.2. The van der Waals surface area contributed by atoms with Crippen molar-refractivity contribution in [2.45, 2.75) is 6.92 Å². The molecule has 3 aromatic rings. The largest absolute Gasteiger partial charge is 0.325 e. The van der Waals surface area contributed by atoms with Gasteiger partial charge in [-0.2, -0.15) is 0 Å². The van der Waals surface area contributed by atoms with Gasteiger partial charge in [-0.15, -0.1) is 0 Å². The summed E-state index contributed by atoms with van der Waals surface area (Å²) in [5.41, 5.74) is 2.68. The van der Waals surface area contributed by atoms with Crippen molar-refractivity contribution >= 4 is 11.6 Å². The Morgan fingerprint density at radius 2 is 1.90 bits per heavy atom. The minimum Gasteiger partial charge on any atom is -0.325 e. The van der Waals surface area contributed by atoms with E-state index in [0.717, 1.165) is 11.3 Å². The van der Waals surface area contributed by atoms with E-state index in [4.69, 9.17) is 0 Å². The van der Waals surface area contributed by atoms with Gasteiger partial charge in [-0.1, -0.05) is 24.3 Å². The number of rotatable bonds is 3. The molecule has 0 amide bonds. The Labute approximate surface area is 116 Å². The molecule has 3 rings (SSSR count). The molecular formula is C16H14FN3. The SMILES string of the molecule is Cc1ccc(F)cc1Nc1nccn1-c1ccccc1. The molecule has 0 atom stereocenters. The Balaban J connectivity index is 1.97. The van der Waals surface area contributed by atoms with Crippen LogP contribution >= 0.6 is 0 Å². The molecule has 0 aliphatic rings. The van der Waals surface area contributed by atoms with Crippen LogP contribution in [0.2, 0.25) is 0 Å². The third kappa shape index (κ3) is 2.40. The van der Waals surface area contributed by atoms with E-state index >= 15 is 0 Å². The fraction of sp³-hybridized carbons (Fsp3) is 0.0625. The summed E-state index contributed by atoms with van der Waals surface area (Å²) in [6.07, 6.45) is 3.58. The first-order chi connectivity index (χ1) is 9.74. The molecule has 4 heteroatoms. The van der Waals surface area contributed by atoms with Crippen molar-refractivity contribution in [1.82, 2.24) is 9.55 Å². The molecule has 3 nitrogen and oxygen atoms in total. The van der Waals surface area contributed by atoms with E-state index in [2.05, 4.69) is 10.3 Å². The summed E-state index contributed by atoms with van der Waals surface area (Å²) in [6.45, 7) is 1.93. The average Bonchev–Trinajstić information content (AvgIpc) is 2.92. The summed E-state index contributed by atoms with van der Waals surface area (Å²) in [6, 6.07) is 14.5. The van der Waals surface area contributed by atoms with E-state index in [9.17, 15) is 4.39 Å². The number of hydrogen-bond donors (Lipinski definition) is 1. The van der Waals surface area contributed by atoms with Crippen molar-refractivity contribution in [3.05, 3.63) is 72.3 Å². The smallest absolute Gasteiger partial charge is 0.212 e. The summed E-state index contributed by atoms with van der Waals surface area (Å²) in [7, 11) is 0. The maximum Gasteiger partial charge on any atom is 0.212 e. The van der Waals surface area contributed by atoms with Gasteiger partial charge in [0.1, 0.15) is 5.82 Å². The lowest BCUT2D eigenvalue weighted by Gasteiger charge is -2.11. The highest BCUT2D eigenvalue weighted by molar-refractivity contribution is 5.60. The third-order valence-electron chi connectivity index (χ3n) is 3.12. The van der Waals surface area contributed by atoms with Gasteiger partial charge in [0.25, 0.3) is 0 Å². The first-order valence-corrected chi connectivity index (χ1v) is 6.36. The average molecular weight is 267 g/mol. The summed E-state index contributed by atoms with van der Waals surface area (Å²) in [5, 5.41) is 3.17. The fourth-order valence-corrected chi connectivity index (χ4v) is 2.04. The van der Waals surface area contributed by atoms with Gasteiger partial charge in [0, 0.05) is 23.8 Å². The van der Waals surface area contributed by atoms with E-state index < -0.39 is 0 Å². The molecule has 0 radical (unpaired) electrons. The summed E-state index contributed by atoms with van der Waals surface area (Å²) in [4.78, 5) is 4.29. The van der Waals surface area contributed by atoms with Crippen LogP contribution < -0.4 is 5.32 Å². The summed E-state index contributed by atoms with van der Waals surface area (Å²) >= 11 is 0. The zero-order valence-corrected chi connectivity index (χ0v) is 11.0. The highest BCUT2D eigenvalue weighted by atomic mass is 19.1. The molecular weight excluding hydrogens is 253 g/mol. The van der Waals surface area contributed by atoms with Gasteiger partial charge in [-0.25, -0.2) is 9.37 Å². The molecule has 2 aromatic carbocycles. The van der Waals surface area contributed by atoms with Crippen molar-refractivity contribution < 1.29 is 4.39 Å². The molecule has 1 heterocycles. The van der Waals surface area contributed by atoms with Crippen LogP contribution in [0, 0.1) is 12.7 Å². The zero-order chi connectivity index (χ0) is 13.9. The summed E-state index contributed by atoms with van der Waals surface area (Å²) < 4.78 is 15.3. The second kappa shape index (κ2) is 5.17. The fourth-order valence-electron chi connectivity index (χ4n) is 2.04. The van der Waals surface area contributed by atoms with E-state index in [1.54, 1.807) is 12.3 Å². The lowest BCUT2D eigenvalue weighted by Crippen LogP contribution is -2.02. The van der Waals surface area contributed by atoms with E-state index in [0.29, 0.717) is 11.6 Å². The van der Waals surface area contributed by atoms with Crippen LogP contribution in [0.4, 0.5) is 16.0 Å². The molecule has 100 valence electrons. The molecule has 0 aliphatic heterocycles. The van der Waals surface area contributed by atoms with Crippen LogP contribution in [0.15, 0.2) is 60.9 Å². The van der Waals surface area contributed by atoms with Gasteiger partial charge in [-0.05, 0) is 36.8 Å². The van der Waals surface area contributed by atoms with Crippen LogP contribution in [-0.4, -0.2) is 9.55 Å². The van der Waals surface area contributed by atoms with Gasteiger partial charge in [-0.3, -0.25) is 4.57 Å². The van der Waals surface area contributed by atoms with Crippen LogP contribution in [0.25, 0.3) is 5.69 Å². The number of aromatic nitrogens is 2. The van der Waals surface area contributed by atoms with E-state index in [1.807, 2.05) is 48.0 Å². The molecule has 20 heavy (non-hydrogen) atoms. The minimum absolute atomic E-state index is 0.268. The Morgan fingerprint density at radius 3 is 2.70 bits per heavy atom. The molecule has 0 fully saturated rings. The molecule has 1 N–H and O–H groups in total. The van der Waals surface area contributed by atoms with Crippen LogP contribution in [0.3, 0.4) is 0 Å². The normalized spacial score (nSPS) is 10.5. The number of aryl methyl sites for hydroxylation is 1. The monoisotopic (exact) mass is 267 g/mol. The van der Waals surface area contributed by atoms with E-state index in [1.165, 1.54) is 12.1 Å². The number of benzene rings is 2. The van der Waals surface area contributed by atoms with Crippen molar-refractivity contribution in [2.24, 2.45) is 0 Å². The number of nitrogens with zero attached hydrogens (tertiary/aromatic N) is 2. The predicted molar refractivity (Wildman–Crippen MR) is 78.0 cm³/mol. The van der Waals surface area contributed by atoms with Gasteiger partial charge in [0.05, 0.1) is 0 Å². The zero-order valence-electron chi connectivity index (χ0n) is 11.0. The Bertz CT molecular complexity index is 720. The van der Waals surface area contributed by atoms with Crippen LogP contribution in [0.1, 0.15) is 5.56 Å². The van der Waals surface area contributed by atoms with E-state index in [-0.39, 0.29) is 5.82 Å². The Hall–Kier alpha value is -2.62. The quantitative estimate of drug-likeness (QED) is 0.775. The number of nitrogens with one attached hydrogen (secondary N) is 1. The molecule has 0 unspecified atom stereocenters. The number of halogens is 1. The maximum absolute atomic E-state index is 13.3. The molecule has 0 aliphatic carbocycles. The molecule has 1 aromatic heterocycles. The second-order valence-corrected chi connectivity index (χ2v) is 4.54. The standard InChI is InChI=1S/C16H14FN3/c1-12-7-8-13(17)11-15(12)19-16-18-9-10-20(16)14-5-3-2-4-6-14/h2-11H,1H3,(H,18,19). The van der Waals surface area contributed by atoms with Gasteiger partial charge in [0.2, 0.25) is 5.95 Å². The number of imidazole rings is 1. The molecule has 0 spiro atoms. The number of para-hydroxylation sites is 1. The highest BCUT2D eigenvalue weighted by Crippen LogP contribution is 2.22. The number of anilines is 2. The third-order valence-corrected chi connectivity index (χ3v) is 3.12. The van der Waals surface area contributed by atoms with Gasteiger partial charge < -0.3 is 5.32 Å². The first-order valence-electron chi connectivity index (χ1n) is 6.36. The summed E-state index contributed by atoms with van der Waals surface area (Å²) in [5.74, 6) is 0.390. The van der Waals surface area contributed by atoms with Crippen molar-refractivity contribution in [3.8, 4) is 5.69 Å².